The molecule has 2 rings (SSSR count). The van der Waals surface area contributed by atoms with Crippen molar-refractivity contribution in [2.24, 2.45) is 0 Å². The number of nitrogens with one attached hydrogen (secondary N) is 1. The van der Waals surface area contributed by atoms with Gasteiger partial charge in [0.15, 0.2) is 6.04 Å². The summed E-state index contributed by atoms with van der Waals surface area (Å²) in [5, 5.41) is 40.9. The normalized spacial score (nSPS) is 12.9. The molecule has 2 aromatic rings. The van der Waals surface area contributed by atoms with Gasteiger partial charge in [-0.15, -0.1) is 0 Å². The fourth-order valence-corrected chi connectivity index (χ4v) is 2.27. The van der Waals surface area contributed by atoms with Crippen LogP contribution in [0.4, 0.5) is 5.69 Å². The van der Waals surface area contributed by atoms with E-state index in [-0.39, 0.29) is 17.3 Å². The fraction of sp³-hybridized carbons (Fsp3) is 0.176. The molecule has 0 aliphatic rings. The quantitative estimate of drug-likeness (QED) is 0.555. The summed E-state index contributed by atoms with van der Waals surface area (Å²) in [6.45, 7) is 0. The summed E-state index contributed by atoms with van der Waals surface area (Å²) in [4.78, 5) is 23.5. The van der Waals surface area contributed by atoms with Crippen molar-refractivity contribution in [2.45, 2.75) is 18.6 Å². The zero-order chi connectivity index (χ0) is 18.4. The van der Waals surface area contributed by atoms with Gasteiger partial charge in [0.2, 0.25) is 5.91 Å². The van der Waals surface area contributed by atoms with Gasteiger partial charge in [-0.2, -0.15) is 0 Å². The number of carbonyl (C=O) groups is 2. The molecule has 1 amide bonds. The number of carbonyl (C=O) groups excluding carboxylic acids is 1. The largest absolute Gasteiger partial charge is 0.733 e. The molecule has 2 unspecified atom stereocenters. The van der Waals surface area contributed by atoms with Gasteiger partial charge in [-0.05, 0) is 23.3 Å². The molecule has 0 aliphatic heterocycles. The number of hydrogen-bond acceptors (Lipinski definition) is 6. The topological polar surface area (TPSA) is 133 Å². The van der Waals surface area contributed by atoms with Crippen molar-refractivity contribution in [3.8, 4) is 0 Å². The number of anilines is 1. The van der Waals surface area contributed by atoms with Crippen LogP contribution in [0.5, 0.6) is 0 Å². The van der Waals surface area contributed by atoms with Gasteiger partial charge in [0, 0.05) is 0 Å². The molecule has 0 saturated carbocycles. The number of aliphatic carboxylic acids is 1. The molecule has 25 heavy (non-hydrogen) atoms. The van der Waals surface area contributed by atoms with Crippen molar-refractivity contribution in [1.82, 2.24) is 5.32 Å². The lowest BCUT2D eigenvalue weighted by molar-refractivity contribution is -0.145. The van der Waals surface area contributed by atoms with Crippen molar-refractivity contribution in [3.05, 3.63) is 70.9 Å². The molecule has 0 aromatic heterocycles. The molecule has 0 saturated heterocycles. The number of hydrogen-bond donors (Lipinski definition) is 4. The highest BCUT2D eigenvalue weighted by Gasteiger charge is 2.29. The van der Waals surface area contributed by atoms with Crippen LogP contribution < -0.4 is 10.5 Å². The second-order valence-corrected chi connectivity index (χ2v) is 5.36. The molecule has 0 aliphatic carbocycles. The van der Waals surface area contributed by atoms with E-state index in [1.54, 1.807) is 30.3 Å². The minimum Gasteiger partial charge on any atom is -0.733 e. The van der Waals surface area contributed by atoms with Crippen LogP contribution in [0.15, 0.2) is 54.6 Å². The zero-order valence-corrected chi connectivity index (χ0v) is 13.1. The first-order valence-corrected chi connectivity index (χ1v) is 7.38. The monoisotopic (exact) mass is 345 g/mol. The number of nitrogens with zero attached hydrogens (tertiary/aromatic N) is 1. The third-order valence-electron chi connectivity index (χ3n) is 3.56. The van der Waals surface area contributed by atoms with Gasteiger partial charge in [-0.1, -0.05) is 42.5 Å². The Balaban J connectivity index is 2.04. The zero-order valence-electron chi connectivity index (χ0n) is 13.1. The Kier molecular flexibility index (Phi) is 6.07. The Morgan fingerprint density at radius 2 is 1.68 bits per heavy atom. The van der Waals surface area contributed by atoms with E-state index in [1.165, 1.54) is 24.3 Å². The van der Waals surface area contributed by atoms with Crippen LogP contribution in [0.3, 0.4) is 0 Å². The van der Waals surface area contributed by atoms with E-state index in [1.807, 2.05) is 0 Å². The van der Waals surface area contributed by atoms with Crippen molar-refractivity contribution in [2.75, 3.05) is 5.23 Å². The molecule has 4 N–H and O–H groups in total. The van der Waals surface area contributed by atoms with Gasteiger partial charge < -0.3 is 26.0 Å². The standard InChI is InChI=1S/C17H17N2O6/c20-14(10-11-6-8-13(9-7-11)19(24)25)18-15(17(22)23)16(21)12-4-2-1-3-5-12/h1-9,15-16,21,24H,10H2,(H,18,20)(H,22,23)/q-1. The van der Waals surface area contributed by atoms with Gasteiger partial charge in [0.05, 0.1) is 12.1 Å². The predicted molar refractivity (Wildman–Crippen MR) is 88.7 cm³/mol. The summed E-state index contributed by atoms with van der Waals surface area (Å²) in [6.07, 6.45) is -1.54. The van der Waals surface area contributed by atoms with Gasteiger partial charge in [0.25, 0.3) is 0 Å². The molecule has 132 valence electrons. The van der Waals surface area contributed by atoms with E-state index >= 15 is 0 Å². The van der Waals surface area contributed by atoms with E-state index in [0.717, 1.165) is 0 Å². The van der Waals surface area contributed by atoms with Crippen LogP contribution >= 0.6 is 0 Å². The van der Waals surface area contributed by atoms with Crippen LogP contribution in [0.25, 0.3) is 0 Å². The van der Waals surface area contributed by atoms with Gasteiger partial charge in [0.1, 0.15) is 6.10 Å². The van der Waals surface area contributed by atoms with Crippen molar-refractivity contribution in [1.29, 1.82) is 0 Å². The summed E-state index contributed by atoms with van der Waals surface area (Å²) in [5.41, 5.74) is 0.895. The maximum Gasteiger partial charge on any atom is 0.329 e. The van der Waals surface area contributed by atoms with Crippen LogP contribution in [-0.2, 0) is 16.0 Å². The molecular weight excluding hydrogens is 328 g/mol. The van der Waals surface area contributed by atoms with E-state index in [4.69, 9.17) is 5.21 Å². The highest BCUT2D eigenvalue weighted by molar-refractivity contribution is 5.85. The second-order valence-electron chi connectivity index (χ2n) is 5.36. The first-order chi connectivity index (χ1) is 11.9. The lowest BCUT2D eigenvalue weighted by Gasteiger charge is -2.22. The lowest BCUT2D eigenvalue weighted by atomic mass is 10.0. The summed E-state index contributed by atoms with van der Waals surface area (Å²) in [5.74, 6) is -1.96. The van der Waals surface area contributed by atoms with Crippen LogP contribution in [0.1, 0.15) is 17.2 Å². The third kappa shape index (κ3) is 5.01. The number of carboxylic acids is 1. The Morgan fingerprint density at radius 1 is 1.08 bits per heavy atom. The minimum absolute atomic E-state index is 0.00655. The average Bonchev–Trinajstić information content (AvgIpc) is 2.60. The van der Waals surface area contributed by atoms with Crippen molar-refractivity contribution >= 4 is 17.6 Å². The Hall–Kier alpha value is -2.94. The molecule has 2 aromatic carbocycles. The van der Waals surface area contributed by atoms with E-state index in [9.17, 15) is 25.0 Å². The number of carboxylic acid groups (broad SMARTS) is 1. The molecule has 0 radical (unpaired) electrons. The van der Waals surface area contributed by atoms with Gasteiger partial charge in [-0.3, -0.25) is 10.0 Å². The Labute approximate surface area is 143 Å². The maximum atomic E-state index is 12.1. The number of amides is 1. The highest BCUT2D eigenvalue weighted by Crippen LogP contribution is 2.17. The molecule has 0 spiro atoms. The fourth-order valence-electron chi connectivity index (χ4n) is 2.27. The van der Waals surface area contributed by atoms with Crippen LogP contribution in [-0.4, -0.2) is 33.3 Å². The summed E-state index contributed by atoms with van der Waals surface area (Å²) in [6, 6.07) is 12.2. The summed E-state index contributed by atoms with van der Waals surface area (Å²) >= 11 is 0. The molecule has 8 nitrogen and oxygen atoms in total. The number of aliphatic hydroxyl groups is 1. The second kappa shape index (κ2) is 8.25. The maximum absolute atomic E-state index is 12.1. The Bertz CT molecular complexity index is 718. The average molecular weight is 345 g/mol. The Morgan fingerprint density at radius 3 is 2.20 bits per heavy atom. The number of aliphatic hydroxyl groups excluding tert-OH is 1. The summed E-state index contributed by atoms with van der Waals surface area (Å²) < 4.78 is 0. The molecule has 0 fully saturated rings. The van der Waals surface area contributed by atoms with Crippen molar-refractivity contribution in [3.63, 3.8) is 0 Å². The lowest BCUT2D eigenvalue weighted by Crippen LogP contribution is -2.45. The minimum atomic E-state index is -1.50. The third-order valence-corrected chi connectivity index (χ3v) is 3.56. The smallest absolute Gasteiger partial charge is 0.329 e. The molecule has 2 atom stereocenters. The number of rotatable bonds is 7. The SMILES string of the molecule is O=C(Cc1ccc(N([O-])O)cc1)NC(C(=O)O)C(O)c1ccccc1. The molecule has 8 heteroatoms. The van der Waals surface area contributed by atoms with E-state index < -0.39 is 24.0 Å². The van der Waals surface area contributed by atoms with Crippen LogP contribution in [0, 0.1) is 5.21 Å². The first kappa shape index (κ1) is 18.4. The van der Waals surface area contributed by atoms with E-state index in [0.29, 0.717) is 11.1 Å². The molecule has 0 heterocycles. The van der Waals surface area contributed by atoms with Gasteiger partial charge >= 0.3 is 5.97 Å². The first-order valence-electron chi connectivity index (χ1n) is 7.38. The molecule has 0 bridgehead atoms. The van der Waals surface area contributed by atoms with E-state index in [2.05, 4.69) is 5.32 Å². The highest BCUT2D eigenvalue weighted by atomic mass is 16.8. The summed E-state index contributed by atoms with van der Waals surface area (Å²) in [7, 11) is 0. The van der Waals surface area contributed by atoms with Gasteiger partial charge in [-0.25, -0.2) is 4.79 Å². The van der Waals surface area contributed by atoms with Crippen molar-refractivity contribution < 1.29 is 25.0 Å². The number of benzene rings is 2. The van der Waals surface area contributed by atoms with Crippen LogP contribution in [0.2, 0.25) is 0 Å². The molecular formula is C17H17N2O6-. The predicted octanol–water partition coefficient (Wildman–Crippen LogP) is 1.23.